The molecule has 0 spiro atoms. The fourth-order valence-electron chi connectivity index (χ4n) is 3.75. The van der Waals surface area contributed by atoms with E-state index in [1.54, 1.807) is 0 Å². The molecule has 26 heavy (non-hydrogen) atoms. The van der Waals surface area contributed by atoms with Crippen LogP contribution < -0.4 is 0 Å². The summed E-state index contributed by atoms with van der Waals surface area (Å²) in [6.45, 7) is 6.61. The van der Waals surface area contributed by atoms with Crippen LogP contribution in [0.15, 0.2) is 30.6 Å². The highest BCUT2D eigenvalue weighted by atomic mass is 15.2. The van der Waals surface area contributed by atoms with Gasteiger partial charge >= 0.3 is 0 Å². The van der Waals surface area contributed by atoms with Crippen LogP contribution in [0.25, 0.3) is 0 Å². The minimum absolute atomic E-state index is 0.634. The van der Waals surface area contributed by atoms with Crippen molar-refractivity contribution in [3.8, 4) is 0 Å². The molecule has 142 valence electrons. The molecule has 0 aliphatic carbocycles. The Hall–Kier alpha value is -1.72. The van der Waals surface area contributed by atoms with Crippen LogP contribution in [-0.4, -0.2) is 57.5 Å². The van der Waals surface area contributed by atoms with Gasteiger partial charge in [0.05, 0.1) is 0 Å². The van der Waals surface area contributed by atoms with Crippen molar-refractivity contribution in [1.29, 1.82) is 0 Å². The number of piperidine rings is 1. The fourth-order valence-corrected chi connectivity index (χ4v) is 3.75. The van der Waals surface area contributed by atoms with E-state index in [0.29, 0.717) is 6.04 Å². The zero-order valence-corrected chi connectivity index (χ0v) is 16.3. The van der Waals surface area contributed by atoms with E-state index >= 15 is 0 Å². The first-order valence-electron chi connectivity index (χ1n) is 10.1. The Morgan fingerprint density at radius 3 is 3.00 bits per heavy atom. The minimum Gasteiger partial charge on any atom is -0.345 e. The van der Waals surface area contributed by atoms with Crippen LogP contribution in [0.1, 0.15) is 49.8 Å². The first-order chi connectivity index (χ1) is 12.7. The topological polar surface area (TPSA) is 48.1 Å². The van der Waals surface area contributed by atoms with Gasteiger partial charge in [0.1, 0.15) is 5.82 Å². The largest absolute Gasteiger partial charge is 0.345 e. The third-order valence-corrected chi connectivity index (χ3v) is 5.39. The number of H-pyrrole nitrogens is 1. The van der Waals surface area contributed by atoms with Crippen LogP contribution in [-0.2, 0) is 19.4 Å². The molecule has 1 saturated heterocycles. The molecule has 5 nitrogen and oxygen atoms in total. The molecule has 2 aromatic rings. The summed E-state index contributed by atoms with van der Waals surface area (Å²) in [5, 5.41) is 0. The number of nitrogens with one attached hydrogen (secondary N) is 1. The van der Waals surface area contributed by atoms with Crippen molar-refractivity contribution in [2.45, 2.75) is 58.0 Å². The van der Waals surface area contributed by atoms with Gasteiger partial charge in [-0.3, -0.25) is 9.88 Å². The fraction of sp³-hybridized carbons (Fsp3) is 0.619. The summed E-state index contributed by atoms with van der Waals surface area (Å²) < 4.78 is 0. The Labute approximate surface area is 157 Å². The van der Waals surface area contributed by atoms with Gasteiger partial charge in [-0.25, -0.2) is 4.98 Å². The number of aryl methyl sites for hydroxylation is 1. The Bertz CT molecular complexity index is 639. The Morgan fingerprint density at radius 1 is 1.27 bits per heavy atom. The maximum Gasteiger partial charge on any atom is 0.106 e. The van der Waals surface area contributed by atoms with Crippen molar-refractivity contribution >= 4 is 0 Å². The first-order valence-corrected chi connectivity index (χ1v) is 10.1. The number of hydrogen-bond donors (Lipinski definition) is 1. The lowest BCUT2D eigenvalue weighted by atomic mass is 10.0. The predicted octanol–water partition coefficient (Wildman–Crippen LogP) is 3.29. The van der Waals surface area contributed by atoms with Crippen molar-refractivity contribution in [1.82, 2.24) is 24.8 Å². The summed E-state index contributed by atoms with van der Waals surface area (Å²) in [5.41, 5.74) is 2.44. The van der Waals surface area contributed by atoms with Crippen molar-refractivity contribution in [2.75, 3.05) is 26.7 Å². The number of aromatic nitrogens is 3. The highest BCUT2D eigenvalue weighted by molar-refractivity contribution is 5.04. The summed E-state index contributed by atoms with van der Waals surface area (Å²) in [6.07, 6.45) is 11.0. The molecule has 3 rings (SSSR count). The number of pyridine rings is 1. The van der Waals surface area contributed by atoms with Gasteiger partial charge < -0.3 is 9.88 Å². The van der Waals surface area contributed by atoms with Gasteiger partial charge in [0.15, 0.2) is 0 Å². The zero-order valence-electron chi connectivity index (χ0n) is 16.3. The summed E-state index contributed by atoms with van der Waals surface area (Å²) in [6, 6.07) is 6.81. The Balaban J connectivity index is 1.46. The molecule has 1 aliphatic heterocycles. The summed E-state index contributed by atoms with van der Waals surface area (Å²) in [4.78, 5) is 17.6. The van der Waals surface area contributed by atoms with E-state index in [1.807, 2.05) is 18.5 Å². The van der Waals surface area contributed by atoms with Gasteiger partial charge in [-0.15, -0.1) is 0 Å². The van der Waals surface area contributed by atoms with E-state index in [-0.39, 0.29) is 0 Å². The Morgan fingerprint density at radius 2 is 2.19 bits per heavy atom. The molecule has 1 N–H and O–H groups in total. The number of imidazole rings is 1. The van der Waals surface area contributed by atoms with Crippen molar-refractivity contribution in [3.05, 3.63) is 47.8 Å². The number of aromatic amines is 1. The molecule has 1 fully saturated rings. The van der Waals surface area contributed by atoms with Crippen LogP contribution in [0.4, 0.5) is 0 Å². The SMILES string of the molecule is CCCCc1ncc(CN2CCC[C@@H](N(C)CCc3ccccn3)C2)[nH]1. The van der Waals surface area contributed by atoms with Crippen LogP contribution in [0.5, 0.6) is 0 Å². The van der Waals surface area contributed by atoms with Gasteiger partial charge in [-0.2, -0.15) is 0 Å². The number of nitrogens with zero attached hydrogens (tertiary/aromatic N) is 4. The second-order valence-corrected chi connectivity index (χ2v) is 7.54. The molecule has 0 amide bonds. The second-order valence-electron chi connectivity index (χ2n) is 7.54. The molecule has 0 saturated carbocycles. The second kappa shape index (κ2) is 9.83. The normalized spacial score (nSPS) is 18.5. The van der Waals surface area contributed by atoms with Gasteiger partial charge in [0, 0.05) is 62.3 Å². The lowest BCUT2D eigenvalue weighted by Crippen LogP contribution is -2.46. The lowest BCUT2D eigenvalue weighted by molar-refractivity contribution is 0.111. The highest BCUT2D eigenvalue weighted by Crippen LogP contribution is 2.17. The number of hydrogen-bond acceptors (Lipinski definition) is 4. The molecule has 1 atom stereocenters. The minimum atomic E-state index is 0.634. The average molecular weight is 356 g/mol. The quantitative estimate of drug-likeness (QED) is 0.750. The molecule has 2 aromatic heterocycles. The van der Waals surface area contributed by atoms with Gasteiger partial charge in [-0.05, 0) is 45.0 Å². The maximum absolute atomic E-state index is 4.54. The van der Waals surface area contributed by atoms with Gasteiger partial charge in [-0.1, -0.05) is 19.4 Å². The van der Waals surface area contributed by atoms with E-state index in [4.69, 9.17) is 0 Å². The van der Waals surface area contributed by atoms with Crippen LogP contribution in [0, 0.1) is 0 Å². The van der Waals surface area contributed by atoms with Crippen LogP contribution >= 0.6 is 0 Å². The summed E-state index contributed by atoms with van der Waals surface area (Å²) in [7, 11) is 2.26. The number of unbranched alkanes of at least 4 members (excludes halogenated alkanes) is 1. The first kappa shape index (κ1) is 19.1. The molecule has 0 aromatic carbocycles. The number of likely N-dealkylation sites (N-methyl/N-ethyl adjacent to an activating group) is 1. The average Bonchev–Trinajstić information content (AvgIpc) is 3.12. The summed E-state index contributed by atoms with van der Waals surface area (Å²) >= 11 is 0. The van der Waals surface area contributed by atoms with E-state index in [2.05, 4.69) is 50.9 Å². The van der Waals surface area contributed by atoms with Crippen molar-refractivity contribution in [3.63, 3.8) is 0 Å². The van der Waals surface area contributed by atoms with Gasteiger partial charge in [0.25, 0.3) is 0 Å². The van der Waals surface area contributed by atoms with Crippen LogP contribution in [0.3, 0.4) is 0 Å². The molecular weight excluding hydrogens is 322 g/mol. The zero-order chi connectivity index (χ0) is 18.2. The molecule has 1 aliphatic rings. The number of likely N-dealkylation sites (tertiary alicyclic amines) is 1. The monoisotopic (exact) mass is 355 g/mol. The van der Waals surface area contributed by atoms with Crippen molar-refractivity contribution < 1.29 is 0 Å². The third kappa shape index (κ3) is 5.64. The Kier molecular flexibility index (Phi) is 7.21. The standard InChI is InChI=1S/C21H33N5/c1-3-4-10-21-23-15-19(24-21)16-26-13-7-9-20(17-26)25(2)14-11-18-8-5-6-12-22-18/h5-6,8,12,15,20H,3-4,7,9-11,13-14,16-17H2,1-2H3,(H,23,24)/t20-/m1/s1. The third-order valence-electron chi connectivity index (χ3n) is 5.39. The number of rotatable bonds is 9. The summed E-state index contributed by atoms with van der Waals surface area (Å²) in [5.74, 6) is 1.14. The van der Waals surface area contributed by atoms with E-state index in [9.17, 15) is 0 Å². The van der Waals surface area contributed by atoms with Crippen LogP contribution in [0.2, 0.25) is 0 Å². The smallest absolute Gasteiger partial charge is 0.106 e. The van der Waals surface area contributed by atoms with Crippen molar-refractivity contribution in [2.24, 2.45) is 0 Å². The lowest BCUT2D eigenvalue weighted by Gasteiger charge is -2.37. The molecule has 0 radical (unpaired) electrons. The molecule has 5 heteroatoms. The molecule has 0 unspecified atom stereocenters. The molecular formula is C21H33N5. The van der Waals surface area contributed by atoms with E-state index in [1.165, 1.54) is 43.6 Å². The molecule has 3 heterocycles. The highest BCUT2D eigenvalue weighted by Gasteiger charge is 2.23. The van der Waals surface area contributed by atoms with E-state index in [0.717, 1.165) is 38.3 Å². The predicted molar refractivity (Wildman–Crippen MR) is 106 cm³/mol. The molecule has 0 bridgehead atoms. The van der Waals surface area contributed by atoms with E-state index < -0.39 is 0 Å². The van der Waals surface area contributed by atoms with Gasteiger partial charge in [0.2, 0.25) is 0 Å². The maximum atomic E-state index is 4.54.